The first-order valence-electron chi connectivity index (χ1n) is 6.31. The number of nitrogens with two attached hydrogens (primary N) is 1. The van der Waals surface area contributed by atoms with Gasteiger partial charge in [-0.15, -0.1) is 11.8 Å². The highest BCUT2D eigenvalue weighted by atomic mass is 32.2. The van der Waals surface area contributed by atoms with Gasteiger partial charge in [0.15, 0.2) is 0 Å². The van der Waals surface area contributed by atoms with E-state index in [1.807, 2.05) is 24.3 Å². The fourth-order valence-electron chi connectivity index (χ4n) is 1.93. The van der Waals surface area contributed by atoms with Gasteiger partial charge in [0.25, 0.3) is 0 Å². The van der Waals surface area contributed by atoms with Crippen molar-refractivity contribution in [1.82, 2.24) is 0 Å². The first-order chi connectivity index (χ1) is 9.61. The molecule has 2 rings (SSSR count). The molecule has 0 aliphatic heterocycles. The lowest BCUT2D eigenvalue weighted by atomic mass is 10.1. The van der Waals surface area contributed by atoms with E-state index in [1.165, 1.54) is 10.5 Å². The van der Waals surface area contributed by atoms with Crippen molar-refractivity contribution in [3.63, 3.8) is 0 Å². The molecule has 0 amide bonds. The van der Waals surface area contributed by atoms with E-state index in [9.17, 15) is 0 Å². The molecule has 0 aliphatic carbocycles. The van der Waals surface area contributed by atoms with Gasteiger partial charge in [0.05, 0.1) is 12.7 Å². The molecule has 0 unspecified atom stereocenters. The Morgan fingerprint density at radius 2 is 2.00 bits per heavy atom. The molecule has 0 spiro atoms. The van der Waals surface area contributed by atoms with Gasteiger partial charge in [-0.3, -0.25) is 5.41 Å². The third-order valence-corrected chi connectivity index (χ3v) is 4.29. The largest absolute Gasteiger partial charge is 0.496 e. The second kappa shape index (κ2) is 6.48. The molecule has 3 nitrogen and oxygen atoms in total. The molecule has 3 N–H and O–H groups in total. The summed E-state index contributed by atoms with van der Waals surface area (Å²) in [7, 11) is 1.60. The second-order valence-corrected chi connectivity index (χ2v) is 5.52. The lowest BCUT2D eigenvalue weighted by Crippen LogP contribution is -2.12. The van der Waals surface area contributed by atoms with E-state index >= 15 is 0 Å². The van der Waals surface area contributed by atoms with Gasteiger partial charge in [-0.1, -0.05) is 24.3 Å². The number of nitrogen functional groups attached to an aromatic ring is 1. The molecule has 2 aromatic rings. The predicted octanol–water partition coefficient (Wildman–Crippen LogP) is 3.58. The molecular formula is C16H18N2OS. The molecule has 2 aromatic carbocycles. The Morgan fingerprint density at radius 3 is 2.65 bits per heavy atom. The van der Waals surface area contributed by atoms with Gasteiger partial charge in [0.2, 0.25) is 0 Å². The zero-order chi connectivity index (χ0) is 14.5. The van der Waals surface area contributed by atoms with E-state index in [4.69, 9.17) is 15.9 Å². The summed E-state index contributed by atoms with van der Waals surface area (Å²) >= 11 is 1.79. The van der Waals surface area contributed by atoms with Crippen molar-refractivity contribution in [2.45, 2.75) is 17.6 Å². The fraction of sp³-hybridized carbons (Fsp3) is 0.188. The summed E-state index contributed by atoms with van der Waals surface area (Å²) < 4.78 is 5.29. The molecule has 0 aromatic heterocycles. The maximum Gasteiger partial charge on any atom is 0.130 e. The molecular weight excluding hydrogens is 268 g/mol. The van der Waals surface area contributed by atoms with Crippen LogP contribution in [0.1, 0.15) is 16.7 Å². The van der Waals surface area contributed by atoms with Crippen LogP contribution in [0.5, 0.6) is 5.75 Å². The lowest BCUT2D eigenvalue weighted by molar-refractivity contribution is 0.413. The number of rotatable bonds is 5. The van der Waals surface area contributed by atoms with Crippen molar-refractivity contribution in [2.24, 2.45) is 5.73 Å². The molecule has 4 heteroatoms. The van der Waals surface area contributed by atoms with Gasteiger partial charge >= 0.3 is 0 Å². The number of amidine groups is 1. The molecule has 0 saturated heterocycles. The number of ether oxygens (including phenoxy) is 1. The Labute approximate surface area is 123 Å². The van der Waals surface area contributed by atoms with Crippen molar-refractivity contribution >= 4 is 17.6 Å². The van der Waals surface area contributed by atoms with Crippen molar-refractivity contribution in [2.75, 3.05) is 7.11 Å². The number of aryl methyl sites for hydroxylation is 1. The Hall–Kier alpha value is -1.94. The number of benzene rings is 2. The molecule has 104 valence electrons. The van der Waals surface area contributed by atoms with Crippen molar-refractivity contribution < 1.29 is 4.74 Å². The molecule has 0 saturated carbocycles. The summed E-state index contributed by atoms with van der Waals surface area (Å²) in [6.45, 7) is 2.11. The van der Waals surface area contributed by atoms with E-state index in [1.54, 1.807) is 18.9 Å². The first kappa shape index (κ1) is 14.5. The first-order valence-corrected chi connectivity index (χ1v) is 7.30. The van der Waals surface area contributed by atoms with Gasteiger partial charge in [-0.2, -0.15) is 0 Å². The van der Waals surface area contributed by atoms with Gasteiger partial charge in [-0.25, -0.2) is 0 Å². The van der Waals surface area contributed by atoms with E-state index < -0.39 is 0 Å². The summed E-state index contributed by atoms with van der Waals surface area (Å²) in [5.41, 5.74) is 8.59. The maximum atomic E-state index is 7.51. The van der Waals surface area contributed by atoms with Crippen molar-refractivity contribution in [1.29, 1.82) is 5.41 Å². The van der Waals surface area contributed by atoms with E-state index in [0.29, 0.717) is 11.3 Å². The van der Waals surface area contributed by atoms with Gasteiger partial charge in [0.1, 0.15) is 11.6 Å². The van der Waals surface area contributed by atoms with Crippen molar-refractivity contribution in [3.8, 4) is 5.75 Å². The van der Waals surface area contributed by atoms with Crippen LogP contribution in [-0.2, 0) is 5.75 Å². The minimum Gasteiger partial charge on any atom is -0.496 e. The standard InChI is InChI=1S/C16H18N2OS/c1-11-5-3-4-6-15(11)20-10-12-7-8-13(16(17)18)14(9-12)19-2/h3-9H,10H2,1-2H3,(H3,17,18). The summed E-state index contributed by atoms with van der Waals surface area (Å²) in [5, 5.41) is 7.51. The SMILES string of the molecule is COc1cc(CSc2ccccc2C)ccc1C(=N)N. The second-order valence-electron chi connectivity index (χ2n) is 4.50. The summed E-state index contributed by atoms with van der Waals surface area (Å²) in [4.78, 5) is 1.28. The predicted molar refractivity (Wildman–Crippen MR) is 84.8 cm³/mol. The highest BCUT2D eigenvalue weighted by molar-refractivity contribution is 7.98. The maximum absolute atomic E-state index is 7.51. The monoisotopic (exact) mass is 286 g/mol. The molecule has 0 radical (unpaired) electrons. The summed E-state index contributed by atoms with van der Waals surface area (Å²) in [6.07, 6.45) is 0. The minimum atomic E-state index is 0.0277. The third kappa shape index (κ3) is 3.33. The molecule has 0 heterocycles. The van der Waals surface area contributed by atoms with E-state index in [-0.39, 0.29) is 5.84 Å². The van der Waals surface area contributed by atoms with E-state index in [2.05, 4.69) is 25.1 Å². The number of nitrogens with one attached hydrogen (secondary N) is 1. The number of methoxy groups -OCH3 is 1. The average Bonchev–Trinajstić information content (AvgIpc) is 2.46. The van der Waals surface area contributed by atoms with Crippen LogP contribution in [0.3, 0.4) is 0 Å². The molecule has 0 bridgehead atoms. The topological polar surface area (TPSA) is 59.1 Å². The highest BCUT2D eigenvalue weighted by Crippen LogP contribution is 2.28. The average molecular weight is 286 g/mol. The minimum absolute atomic E-state index is 0.0277. The van der Waals surface area contributed by atoms with Gasteiger partial charge in [-0.05, 0) is 36.2 Å². The third-order valence-electron chi connectivity index (χ3n) is 3.04. The van der Waals surface area contributed by atoms with E-state index in [0.717, 1.165) is 11.3 Å². The van der Waals surface area contributed by atoms with Gasteiger partial charge in [0, 0.05) is 10.6 Å². The van der Waals surface area contributed by atoms with Crippen LogP contribution in [0.15, 0.2) is 47.4 Å². The highest BCUT2D eigenvalue weighted by Gasteiger charge is 2.07. The zero-order valence-electron chi connectivity index (χ0n) is 11.6. The van der Waals surface area contributed by atoms with Crippen LogP contribution in [-0.4, -0.2) is 12.9 Å². The van der Waals surface area contributed by atoms with Crippen LogP contribution in [0.4, 0.5) is 0 Å². The lowest BCUT2D eigenvalue weighted by Gasteiger charge is -2.10. The summed E-state index contributed by atoms with van der Waals surface area (Å²) in [5.74, 6) is 1.54. The van der Waals surface area contributed by atoms with Crippen LogP contribution in [0, 0.1) is 12.3 Å². The molecule has 0 fully saturated rings. The molecule has 20 heavy (non-hydrogen) atoms. The van der Waals surface area contributed by atoms with Crippen LogP contribution >= 0.6 is 11.8 Å². The number of thioether (sulfide) groups is 1. The Balaban J connectivity index is 2.15. The smallest absolute Gasteiger partial charge is 0.130 e. The van der Waals surface area contributed by atoms with Crippen LogP contribution in [0.2, 0.25) is 0 Å². The fourth-order valence-corrected chi connectivity index (χ4v) is 2.90. The number of hydrogen-bond donors (Lipinski definition) is 2. The van der Waals surface area contributed by atoms with Crippen LogP contribution < -0.4 is 10.5 Å². The normalized spacial score (nSPS) is 10.3. The Kier molecular flexibility index (Phi) is 4.69. The van der Waals surface area contributed by atoms with Crippen LogP contribution in [0.25, 0.3) is 0 Å². The molecule has 0 aliphatic rings. The quantitative estimate of drug-likeness (QED) is 0.502. The van der Waals surface area contributed by atoms with Crippen molar-refractivity contribution in [3.05, 3.63) is 59.2 Å². The number of hydrogen-bond acceptors (Lipinski definition) is 3. The Morgan fingerprint density at radius 1 is 1.25 bits per heavy atom. The van der Waals surface area contributed by atoms with Gasteiger partial charge < -0.3 is 10.5 Å². The Bertz CT molecular complexity index is 626. The summed E-state index contributed by atoms with van der Waals surface area (Å²) in [6, 6.07) is 14.1. The zero-order valence-corrected chi connectivity index (χ0v) is 12.5. The molecule has 0 atom stereocenters.